The van der Waals surface area contributed by atoms with Crippen molar-refractivity contribution >= 4 is 34.3 Å². The zero-order chi connectivity index (χ0) is 20.1. The fourth-order valence-electron chi connectivity index (χ4n) is 2.60. The molecule has 2 aromatic carbocycles. The number of amides is 3. The van der Waals surface area contributed by atoms with Crippen molar-refractivity contribution in [1.29, 1.82) is 0 Å². The third-order valence-electron chi connectivity index (χ3n) is 4.07. The van der Waals surface area contributed by atoms with E-state index < -0.39 is 17.4 Å². The van der Waals surface area contributed by atoms with E-state index in [0.717, 1.165) is 5.39 Å². The number of carbonyl (C=O) groups is 3. The second-order valence-electron chi connectivity index (χ2n) is 5.99. The molecule has 3 rings (SSSR count). The van der Waals surface area contributed by atoms with Crippen molar-refractivity contribution < 1.29 is 14.4 Å². The number of fused-ring (bicyclic) bond motifs is 1. The molecule has 0 saturated heterocycles. The summed E-state index contributed by atoms with van der Waals surface area (Å²) in [6.45, 7) is -0.154. The number of nitrogens with one attached hydrogen (secondary N) is 4. The van der Waals surface area contributed by atoms with Gasteiger partial charge < -0.3 is 20.9 Å². The summed E-state index contributed by atoms with van der Waals surface area (Å²) in [5.41, 5.74) is 0.724. The molecule has 8 heteroatoms. The first-order chi connectivity index (χ1) is 13.5. The van der Waals surface area contributed by atoms with Crippen molar-refractivity contribution in [3.05, 3.63) is 76.1 Å². The molecule has 3 aromatic rings. The predicted molar refractivity (Wildman–Crippen MR) is 105 cm³/mol. The van der Waals surface area contributed by atoms with Crippen LogP contribution in [0.4, 0.5) is 5.69 Å². The van der Waals surface area contributed by atoms with Crippen molar-refractivity contribution in [1.82, 2.24) is 15.6 Å². The van der Waals surface area contributed by atoms with Gasteiger partial charge in [0, 0.05) is 23.8 Å². The smallest absolute Gasteiger partial charge is 0.261 e. The van der Waals surface area contributed by atoms with Gasteiger partial charge in [-0.2, -0.15) is 0 Å². The molecule has 0 fully saturated rings. The summed E-state index contributed by atoms with van der Waals surface area (Å²) in [4.78, 5) is 50.7. The predicted octanol–water partition coefficient (Wildman–Crippen LogP) is 1.26. The Morgan fingerprint density at radius 1 is 0.964 bits per heavy atom. The maximum atomic E-state index is 12.5. The number of rotatable bonds is 5. The van der Waals surface area contributed by atoms with Crippen molar-refractivity contribution in [2.24, 2.45) is 0 Å². The lowest BCUT2D eigenvalue weighted by Gasteiger charge is -2.08. The zero-order valence-corrected chi connectivity index (χ0v) is 15.0. The van der Waals surface area contributed by atoms with E-state index in [0.29, 0.717) is 11.2 Å². The van der Waals surface area contributed by atoms with Crippen molar-refractivity contribution in [2.45, 2.75) is 0 Å². The normalized spacial score (nSPS) is 10.3. The Morgan fingerprint density at radius 2 is 1.75 bits per heavy atom. The minimum absolute atomic E-state index is 0.0341. The first-order valence-electron chi connectivity index (χ1n) is 8.50. The highest BCUT2D eigenvalue weighted by Gasteiger charge is 2.13. The number of benzene rings is 2. The fourth-order valence-corrected chi connectivity index (χ4v) is 2.60. The van der Waals surface area contributed by atoms with Gasteiger partial charge in [0.25, 0.3) is 17.4 Å². The first-order valence-corrected chi connectivity index (χ1v) is 8.50. The minimum atomic E-state index is -0.588. The third kappa shape index (κ3) is 4.24. The number of hydrogen-bond donors (Lipinski definition) is 4. The number of H-pyrrole nitrogens is 1. The highest BCUT2D eigenvalue weighted by Crippen LogP contribution is 2.14. The van der Waals surface area contributed by atoms with Gasteiger partial charge in [-0.05, 0) is 35.7 Å². The van der Waals surface area contributed by atoms with Crippen LogP contribution in [0.15, 0.2) is 59.4 Å². The van der Waals surface area contributed by atoms with E-state index in [-0.39, 0.29) is 23.6 Å². The first kappa shape index (κ1) is 18.8. The van der Waals surface area contributed by atoms with Crippen LogP contribution in [0.2, 0.25) is 0 Å². The van der Waals surface area contributed by atoms with Gasteiger partial charge in [-0.1, -0.05) is 24.3 Å². The Hall–Kier alpha value is -3.94. The number of likely N-dealkylation sites (N-methyl/N-ethyl adjacent to an activating group) is 1. The van der Waals surface area contributed by atoms with Gasteiger partial charge in [0.15, 0.2) is 0 Å². The van der Waals surface area contributed by atoms with E-state index in [2.05, 4.69) is 20.9 Å². The monoisotopic (exact) mass is 378 g/mol. The van der Waals surface area contributed by atoms with Crippen LogP contribution in [0, 0.1) is 0 Å². The molecule has 0 aliphatic carbocycles. The molecule has 0 atom stereocenters. The summed E-state index contributed by atoms with van der Waals surface area (Å²) in [7, 11) is 1.47. The summed E-state index contributed by atoms with van der Waals surface area (Å²) < 4.78 is 0. The molecule has 3 amide bonds. The summed E-state index contributed by atoms with van der Waals surface area (Å²) in [6, 6.07) is 14.9. The molecule has 1 heterocycles. The minimum Gasteiger partial charge on any atom is -0.358 e. The maximum Gasteiger partial charge on any atom is 0.261 e. The van der Waals surface area contributed by atoms with Crippen LogP contribution < -0.4 is 21.5 Å². The molecule has 0 saturated carbocycles. The summed E-state index contributed by atoms with van der Waals surface area (Å²) in [5, 5.41) is 8.22. The molecule has 0 spiro atoms. The van der Waals surface area contributed by atoms with Crippen LogP contribution in [0.3, 0.4) is 0 Å². The molecule has 142 valence electrons. The molecule has 0 aliphatic heterocycles. The van der Waals surface area contributed by atoms with Crippen LogP contribution in [0.1, 0.15) is 20.7 Å². The number of anilines is 1. The summed E-state index contributed by atoms with van der Waals surface area (Å²) in [5.74, 6) is -1.37. The Labute approximate surface area is 160 Å². The standard InChI is InChI=1S/C20H18N4O4/c1-21-17(25)11-22-18(26)13-6-4-7-14(9-13)23-19(27)15-10-12-5-2-3-8-16(12)24-20(15)28/h2-10H,11H2,1H3,(H,21,25)(H,22,26)(H,23,27)(H,24,28). The third-order valence-corrected chi connectivity index (χ3v) is 4.07. The summed E-state index contributed by atoms with van der Waals surface area (Å²) in [6.07, 6.45) is 0. The lowest BCUT2D eigenvalue weighted by atomic mass is 10.1. The van der Waals surface area contributed by atoms with Crippen molar-refractivity contribution in [2.75, 3.05) is 18.9 Å². The van der Waals surface area contributed by atoms with Gasteiger partial charge in [-0.15, -0.1) is 0 Å². The second-order valence-corrected chi connectivity index (χ2v) is 5.99. The second kappa shape index (κ2) is 8.17. The van der Waals surface area contributed by atoms with E-state index in [1.807, 2.05) is 6.07 Å². The summed E-state index contributed by atoms with van der Waals surface area (Å²) >= 11 is 0. The van der Waals surface area contributed by atoms with Gasteiger partial charge >= 0.3 is 0 Å². The Morgan fingerprint density at radius 3 is 2.54 bits per heavy atom. The molecule has 1 aromatic heterocycles. The molecule has 4 N–H and O–H groups in total. The van der Waals surface area contributed by atoms with E-state index in [1.165, 1.54) is 19.2 Å². The van der Waals surface area contributed by atoms with Gasteiger partial charge in [0.2, 0.25) is 5.91 Å². The number of aromatic amines is 1. The highest BCUT2D eigenvalue weighted by molar-refractivity contribution is 6.06. The van der Waals surface area contributed by atoms with Gasteiger partial charge in [0.1, 0.15) is 5.56 Å². The van der Waals surface area contributed by atoms with Crippen LogP contribution in [-0.2, 0) is 4.79 Å². The Bertz CT molecular complexity index is 1120. The van der Waals surface area contributed by atoms with E-state index in [1.54, 1.807) is 36.4 Å². The van der Waals surface area contributed by atoms with Crippen molar-refractivity contribution in [3.63, 3.8) is 0 Å². The molecular formula is C20H18N4O4. The van der Waals surface area contributed by atoms with Crippen molar-refractivity contribution in [3.8, 4) is 0 Å². The maximum absolute atomic E-state index is 12.5. The van der Waals surface area contributed by atoms with Crippen LogP contribution in [-0.4, -0.2) is 36.3 Å². The van der Waals surface area contributed by atoms with E-state index in [4.69, 9.17) is 0 Å². The number of aromatic nitrogens is 1. The number of para-hydroxylation sites is 1. The average molecular weight is 378 g/mol. The number of hydrogen-bond acceptors (Lipinski definition) is 4. The molecule has 0 radical (unpaired) electrons. The molecule has 0 bridgehead atoms. The molecule has 0 unspecified atom stereocenters. The van der Waals surface area contributed by atoms with Crippen LogP contribution >= 0.6 is 0 Å². The SMILES string of the molecule is CNC(=O)CNC(=O)c1cccc(NC(=O)c2cc3ccccc3[nH]c2=O)c1. The molecular weight excluding hydrogens is 360 g/mol. The number of carbonyl (C=O) groups excluding carboxylic acids is 3. The van der Waals surface area contributed by atoms with Gasteiger partial charge in [-0.25, -0.2) is 0 Å². The fraction of sp³-hybridized carbons (Fsp3) is 0.100. The van der Waals surface area contributed by atoms with Gasteiger partial charge in [-0.3, -0.25) is 19.2 Å². The molecule has 8 nitrogen and oxygen atoms in total. The molecule has 28 heavy (non-hydrogen) atoms. The molecule has 0 aliphatic rings. The van der Waals surface area contributed by atoms with Crippen LogP contribution in [0.5, 0.6) is 0 Å². The average Bonchev–Trinajstić information content (AvgIpc) is 2.71. The van der Waals surface area contributed by atoms with Gasteiger partial charge in [0.05, 0.1) is 6.54 Å². The van der Waals surface area contributed by atoms with E-state index in [9.17, 15) is 19.2 Å². The van der Waals surface area contributed by atoms with Crippen LogP contribution in [0.25, 0.3) is 10.9 Å². The quantitative estimate of drug-likeness (QED) is 0.534. The van der Waals surface area contributed by atoms with E-state index >= 15 is 0 Å². The number of pyridine rings is 1. The topological polar surface area (TPSA) is 120 Å². The highest BCUT2D eigenvalue weighted by atomic mass is 16.2. The lowest BCUT2D eigenvalue weighted by Crippen LogP contribution is -2.35. The largest absolute Gasteiger partial charge is 0.358 e. The lowest BCUT2D eigenvalue weighted by molar-refractivity contribution is -0.119. The zero-order valence-electron chi connectivity index (χ0n) is 15.0. The Balaban J connectivity index is 1.78. The Kier molecular flexibility index (Phi) is 5.50.